The summed E-state index contributed by atoms with van der Waals surface area (Å²) < 4.78 is 1.40. The minimum Gasteiger partial charge on any atom is -0.332 e. The first-order valence-corrected chi connectivity index (χ1v) is 7.47. The van der Waals surface area contributed by atoms with Gasteiger partial charge in [0.25, 0.3) is 11.5 Å². The fourth-order valence-electron chi connectivity index (χ4n) is 2.69. The van der Waals surface area contributed by atoms with E-state index in [2.05, 4.69) is 10.4 Å². The summed E-state index contributed by atoms with van der Waals surface area (Å²) in [6.07, 6.45) is 0. The second-order valence-corrected chi connectivity index (χ2v) is 5.73. The van der Waals surface area contributed by atoms with Crippen LogP contribution >= 0.6 is 0 Å². The second kappa shape index (κ2) is 5.81. The van der Waals surface area contributed by atoms with Crippen molar-refractivity contribution >= 4 is 5.91 Å². The molecule has 1 fully saturated rings. The van der Waals surface area contributed by atoms with Crippen molar-refractivity contribution in [3.63, 3.8) is 0 Å². The molecular formula is C16H20N4O2. The van der Waals surface area contributed by atoms with Crippen LogP contribution in [0.15, 0.2) is 35.1 Å². The van der Waals surface area contributed by atoms with Gasteiger partial charge in [-0.05, 0) is 26.0 Å². The third-order valence-corrected chi connectivity index (χ3v) is 4.01. The second-order valence-electron chi connectivity index (χ2n) is 5.73. The van der Waals surface area contributed by atoms with E-state index in [1.165, 1.54) is 10.7 Å². The number of hydrogen-bond acceptors (Lipinski definition) is 3. The molecule has 0 bridgehead atoms. The fraction of sp³-hybridized carbons (Fsp3) is 0.375. The third kappa shape index (κ3) is 2.69. The Morgan fingerprint density at radius 3 is 2.68 bits per heavy atom. The molecule has 116 valence electrons. The van der Waals surface area contributed by atoms with E-state index in [4.69, 9.17) is 0 Å². The molecule has 6 nitrogen and oxygen atoms in total. The number of rotatable bonds is 2. The van der Waals surface area contributed by atoms with Crippen LogP contribution in [0.5, 0.6) is 0 Å². The van der Waals surface area contributed by atoms with Crippen molar-refractivity contribution in [2.24, 2.45) is 0 Å². The lowest BCUT2D eigenvalue weighted by Crippen LogP contribution is -2.52. The van der Waals surface area contributed by atoms with Crippen LogP contribution in [0, 0.1) is 6.92 Å². The monoisotopic (exact) mass is 300 g/mol. The Balaban J connectivity index is 1.90. The number of H-pyrrole nitrogens is 1. The normalized spacial score (nSPS) is 18.5. The highest BCUT2D eigenvalue weighted by molar-refractivity contribution is 5.92. The van der Waals surface area contributed by atoms with Crippen LogP contribution in [0.4, 0.5) is 0 Å². The van der Waals surface area contributed by atoms with Gasteiger partial charge in [0.2, 0.25) is 0 Å². The average Bonchev–Trinajstić information content (AvgIpc) is 2.90. The number of benzene rings is 1. The van der Waals surface area contributed by atoms with Gasteiger partial charge in [0, 0.05) is 31.7 Å². The van der Waals surface area contributed by atoms with Crippen LogP contribution in [0.3, 0.4) is 0 Å². The topological polar surface area (TPSA) is 70.1 Å². The largest absolute Gasteiger partial charge is 0.332 e. The molecule has 1 saturated heterocycles. The van der Waals surface area contributed by atoms with Gasteiger partial charge in [0.05, 0.1) is 5.69 Å². The molecule has 2 heterocycles. The summed E-state index contributed by atoms with van der Waals surface area (Å²) in [5.74, 6) is -0.128. The summed E-state index contributed by atoms with van der Waals surface area (Å²) in [5.41, 5.74) is 1.95. The van der Waals surface area contributed by atoms with Crippen LogP contribution in [0.1, 0.15) is 23.0 Å². The van der Waals surface area contributed by atoms with Crippen molar-refractivity contribution in [3.05, 3.63) is 51.9 Å². The zero-order valence-electron chi connectivity index (χ0n) is 12.8. The number of amides is 1. The van der Waals surface area contributed by atoms with Crippen molar-refractivity contribution < 1.29 is 4.79 Å². The molecule has 6 heteroatoms. The number of nitrogens with zero attached hydrogens (tertiary/aromatic N) is 2. The van der Waals surface area contributed by atoms with E-state index in [0.717, 1.165) is 24.3 Å². The maximum atomic E-state index is 12.6. The van der Waals surface area contributed by atoms with E-state index >= 15 is 0 Å². The first-order valence-electron chi connectivity index (χ1n) is 7.47. The van der Waals surface area contributed by atoms with Crippen LogP contribution in [0.25, 0.3) is 5.69 Å². The Kier molecular flexibility index (Phi) is 3.85. The van der Waals surface area contributed by atoms with Gasteiger partial charge < -0.3 is 10.2 Å². The zero-order chi connectivity index (χ0) is 15.7. The van der Waals surface area contributed by atoms with Crippen molar-refractivity contribution in [1.29, 1.82) is 0 Å². The molecule has 1 amide bonds. The van der Waals surface area contributed by atoms with Gasteiger partial charge in [-0.3, -0.25) is 14.7 Å². The first kappa shape index (κ1) is 14.6. The van der Waals surface area contributed by atoms with E-state index < -0.39 is 0 Å². The Hall–Kier alpha value is -2.34. The van der Waals surface area contributed by atoms with Crippen LogP contribution in [0.2, 0.25) is 0 Å². The highest BCUT2D eigenvalue weighted by Crippen LogP contribution is 2.10. The van der Waals surface area contributed by atoms with Gasteiger partial charge in [0.1, 0.15) is 5.69 Å². The maximum Gasteiger partial charge on any atom is 0.272 e. The van der Waals surface area contributed by atoms with E-state index in [1.807, 2.05) is 38.1 Å². The summed E-state index contributed by atoms with van der Waals surface area (Å²) >= 11 is 0. The lowest BCUT2D eigenvalue weighted by Gasteiger charge is -2.33. The van der Waals surface area contributed by atoms with Gasteiger partial charge in [-0.15, -0.1) is 0 Å². The van der Waals surface area contributed by atoms with Crippen LogP contribution in [-0.4, -0.2) is 46.3 Å². The number of carbonyl (C=O) groups excluding carboxylic acids is 1. The van der Waals surface area contributed by atoms with Gasteiger partial charge in [0.15, 0.2) is 0 Å². The summed E-state index contributed by atoms with van der Waals surface area (Å²) in [4.78, 5) is 26.5. The summed E-state index contributed by atoms with van der Waals surface area (Å²) in [5, 5.41) is 6.17. The number of piperazine rings is 1. The quantitative estimate of drug-likeness (QED) is 0.866. The smallest absolute Gasteiger partial charge is 0.272 e. The predicted octanol–water partition coefficient (Wildman–Crippen LogP) is 0.908. The molecule has 1 aromatic carbocycles. The lowest BCUT2D eigenvalue weighted by atomic mass is 10.2. The van der Waals surface area contributed by atoms with E-state index in [9.17, 15) is 9.59 Å². The number of aromatic amines is 1. The minimum absolute atomic E-state index is 0.118. The summed E-state index contributed by atoms with van der Waals surface area (Å²) in [6.45, 7) is 6.19. The predicted molar refractivity (Wildman–Crippen MR) is 84.5 cm³/mol. The molecule has 0 unspecified atom stereocenters. The molecule has 2 N–H and O–H groups in total. The fourth-order valence-corrected chi connectivity index (χ4v) is 2.69. The molecule has 0 saturated carbocycles. The summed E-state index contributed by atoms with van der Waals surface area (Å²) in [7, 11) is 0. The van der Waals surface area contributed by atoms with Crippen molar-refractivity contribution in [2.75, 3.05) is 19.6 Å². The van der Waals surface area contributed by atoms with Crippen LogP contribution < -0.4 is 10.9 Å². The molecule has 2 aromatic rings. The van der Waals surface area contributed by atoms with Gasteiger partial charge in [-0.25, -0.2) is 4.68 Å². The molecule has 1 atom stereocenters. The van der Waals surface area contributed by atoms with E-state index in [1.54, 1.807) is 4.90 Å². The van der Waals surface area contributed by atoms with Gasteiger partial charge >= 0.3 is 0 Å². The maximum absolute atomic E-state index is 12.6. The van der Waals surface area contributed by atoms with Crippen molar-refractivity contribution in [2.45, 2.75) is 19.9 Å². The average molecular weight is 300 g/mol. The molecule has 1 aliphatic rings. The van der Waals surface area contributed by atoms with E-state index in [-0.39, 0.29) is 17.5 Å². The molecule has 0 radical (unpaired) electrons. The van der Waals surface area contributed by atoms with Gasteiger partial charge in [-0.1, -0.05) is 17.7 Å². The third-order valence-electron chi connectivity index (χ3n) is 4.01. The zero-order valence-corrected chi connectivity index (χ0v) is 12.8. The molecule has 0 aliphatic carbocycles. The number of aromatic nitrogens is 2. The number of carbonyl (C=O) groups is 1. The molecule has 3 rings (SSSR count). The molecular weight excluding hydrogens is 280 g/mol. The van der Waals surface area contributed by atoms with Crippen molar-refractivity contribution in [3.8, 4) is 5.69 Å². The number of nitrogens with one attached hydrogen (secondary N) is 2. The Bertz CT molecular complexity index is 729. The molecule has 22 heavy (non-hydrogen) atoms. The lowest BCUT2D eigenvalue weighted by molar-refractivity contribution is 0.0649. The highest BCUT2D eigenvalue weighted by atomic mass is 16.2. The van der Waals surface area contributed by atoms with Gasteiger partial charge in [-0.2, -0.15) is 0 Å². The number of aryl methyl sites for hydroxylation is 1. The van der Waals surface area contributed by atoms with E-state index in [0.29, 0.717) is 12.2 Å². The standard InChI is InChI=1S/C16H20N4O2/c1-11-3-5-13(6-4-11)20-15(21)9-14(18-20)16(22)19-8-7-17-10-12(19)2/h3-6,9,12,17-18H,7-8,10H2,1-2H3/t12-/m1/s1. The Morgan fingerprint density at radius 1 is 1.27 bits per heavy atom. The SMILES string of the molecule is Cc1ccc(-n2[nH]c(C(=O)N3CCNC[C@H]3C)cc2=O)cc1. The van der Waals surface area contributed by atoms with Crippen LogP contribution in [-0.2, 0) is 0 Å². The molecule has 1 aromatic heterocycles. The Morgan fingerprint density at radius 2 is 2.00 bits per heavy atom. The molecule has 0 spiro atoms. The first-order chi connectivity index (χ1) is 10.6. The summed E-state index contributed by atoms with van der Waals surface area (Å²) in [6, 6.07) is 9.07. The number of hydrogen-bond donors (Lipinski definition) is 2. The Labute approximate surface area is 128 Å². The molecule has 1 aliphatic heterocycles. The minimum atomic E-state index is -0.227. The highest BCUT2D eigenvalue weighted by Gasteiger charge is 2.25. The van der Waals surface area contributed by atoms with Crippen molar-refractivity contribution in [1.82, 2.24) is 20.0 Å².